The van der Waals surface area contributed by atoms with Gasteiger partial charge in [-0.25, -0.2) is 0 Å². The minimum absolute atomic E-state index is 0.114. The van der Waals surface area contributed by atoms with Crippen LogP contribution in [0.1, 0.15) is 28.4 Å². The van der Waals surface area contributed by atoms with Crippen molar-refractivity contribution >= 4 is 46.7 Å². The lowest BCUT2D eigenvalue weighted by molar-refractivity contribution is -0.135. The summed E-state index contributed by atoms with van der Waals surface area (Å²) in [4.78, 5) is 33.7. The van der Waals surface area contributed by atoms with Gasteiger partial charge in [-0.1, -0.05) is 29.3 Å². The predicted molar refractivity (Wildman–Crippen MR) is 106 cm³/mol. The van der Waals surface area contributed by atoms with E-state index in [2.05, 4.69) is 10.6 Å². The Labute approximate surface area is 171 Å². The number of aryl methyl sites for hydroxylation is 1. The lowest BCUT2D eigenvalue weighted by Crippen LogP contribution is -2.29. The van der Waals surface area contributed by atoms with Gasteiger partial charge >= 0.3 is 5.97 Å². The van der Waals surface area contributed by atoms with Crippen LogP contribution in [0.2, 0.25) is 10.0 Å². The number of rotatable bonds is 7. The molecule has 2 aromatic carbocycles. The van der Waals surface area contributed by atoms with E-state index in [0.29, 0.717) is 5.69 Å². The molecule has 9 heteroatoms. The third-order valence-electron chi connectivity index (χ3n) is 3.50. The second kappa shape index (κ2) is 9.43. The van der Waals surface area contributed by atoms with Gasteiger partial charge in [0.2, 0.25) is 5.91 Å². The Morgan fingerprint density at radius 3 is 2.29 bits per heavy atom. The number of carbonyl (C=O) groups is 3. The summed E-state index contributed by atoms with van der Waals surface area (Å²) in [6, 6.07) is 8.18. The summed E-state index contributed by atoms with van der Waals surface area (Å²) < 4.78 is 5.70. The van der Waals surface area contributed by atoms with Gasteiger partial charge < -0.3 is 20.5 Å². The highest BCUT2D eigenvalue weighted by atomic mass is 35.5. The highest BCUT2D eigenvalue weighted by Gasteiger charge is 2.15. The molecule has 3 N–H and O–H groups in total. The van der Waals surface area contributed by atoms with E-state index in [1.165, 1.54) is 19.1 Å². The number of carboxylic acid groups (broad SMARTS) is 1. The van der Waals surface area contributed by atoms with Crippen molar-refractivity contribution in [3.63, 3.8) is 0 Å². The molecule has 0 aliphatic carbocycles. The first kappa shape index (κ1) is 21.5. The Morgan fingerprint density at radius 1 is 1.07 bits per heavy atom. The summed E-state index contributed by atoms with van der Waals surface area (Å²) >= 11 is 12.4. The molecule has 0 aliphatic heterocycles. The second-order valence-corrected chi connectivity index (χ2v) is 6.84. The van der Waals surface area contributed by atoms with Crippen molar-refractivity contribution < 1.29 is 24.2 Å². The number of halogens is 2. The van der Waals surface area contributed by atoms with Crippen molar-refractivity contribution in [3.8, 4) is 5.75 Å². The molecule has 7 nitrogen and oxygen atoms in total. The van der Waals surface area contributed by atoms with Gasteiger partial charge in [-0.3, -0.25) is 14.4 Å². The molecule has 2 aromatic rings. The molecule has 0 spiro atoms. The molecule has 0 atom stereocenters. The van der Waals surface area contributed by atoms with Crippen LogP contribution in [0.15, 0.2) is 30.3 Å². The monoisotopic (exact) mass is 424 g/mol. The van der Waals surface area contributed by atoms with Crippen molar-refractivity contribution in [2.24, 2.45) is 0 Å². The van der Waals surface area contributed by atoms with Crippen LogP contribution in [0.5, 0.6) is 5.75 Å². The van der Waals surface area contributed by atoms with Gasteiger partial charge in [0.15, 0.2) is 5.75 Å². The van der Waals surface area contributed by atoms with E-state index in [0.717, 1.165) is 11.1 Å². The van der Waals surface area contributed by atoms with E-state index >= 15 is 0 Å². The first-order valence-corrected chi connectivity index (χ1v) is 8.91. The largest absolute Gasteiger partial charge is 0.486 e. The fourth-order valence-electron chi connectivity index (χ4n) is 2.46. The molecule has 0 heterocycles. The Hall–Kier alpha value is -2.77. The van der Waals surface area contributed by atoms with Gasteiger partial charge in [-0.15, -0.1) is 0 Å². The zero-order valence-electron chi connectivity index (χ0n) is 15.1. The molecular weight excluding hydrogens is 407 g/mol. The Balaban J connectivity index is 2.15. The first-order chi connectivity index (χ1) is 13.2. The number of carboxylic acids is 1. The third-order valence-corrected chi connectivity index (χ3v) is 4.06. The minimum Gasteiger partial charge on any atom is -0.486 e. The lowest BCUT2D eigenvalue weighted by Gasteiger charge is -2.13. The van der Waals surface area contributed by atoms with Crippen molar-refractivity contribution in [2.45, 2.75) is 20.5 Å². The van der Waals surface area contributed by atoms with Crippen LogP contribution in [-0.4, -0.2) is 29.4 Å². The summed E-state index contributed by atoms with van der Waals surface area (Å²) in [5.41, 5.74) is 2.49. The number of aliphatic carboxylic acids is 1. The van der Waals surface area contributed by atoms with Crippen LogP contribution in [0.3, 0.4) is 0 Å². The van der Waals surface area contributed by atoms with Crippen LogP contribution in [0.4, 0.5) is 5.69 Å². The lowest BCUT2D eigenvalue weighted by atomic mass is 10.1. The van der Waals surface area contributed by atoms with Gasteiger partial charge in [-0.2, -0.15) is 0 Å². The molecule has 0 saturated heterocycles. The average Bonchev–Trinajstić information content (AvgIpc) is 2.57. The van der Waals surface area contributed by atoms with Gasteiger partial charge in [0.05, 0.1) is 10.0 Å². The topological polar surface area (TPSA) is 105 Å². The van der Waals surface area contributed by atoms with Crippen LogP contribution < -0.4 is 15.4 Å². The highest BCUT2D eigenvalue weighted by molar-refractivity contribution is 6.37. The zero-order chi connectivity index (χ0) is 20.8. The molecule has 0 aliphatic rings. The van der Waals surface area contributed by atoms with E-state index in [4.69, 9.17) is 33.0 Å². The number of anilines is 1. The standard InChI is InChI=1S/C19H18Cl2N2O5/c1-10-3-12(5-14(4-10)23-11(2)24)9-28-18-15(20)6-13(7-16(18)21)19(27)22-8-17(25)26/h3-7H,8-9H2,1-2H3,(H,22,27)(H,23,24)(H,25,26). The molecule has 2 rings (SSSR count). The van der Waals surface area contributed by atoms with Crippen molar-refractivity contribution in [2.75, 3.05) is 11.9 Å². The van der Waals surface area contributed by atoms with Crippen molar-refractivity contribution in [1.29, 1.82) is 0 Å². The summed E-state index contributed by atoms with van der Waals surface area (Å²) in [7, 11) is 0. The Bertz CT molecular complexity index is 908. The minimum atomic E-state index is -1.16. The maximum atomic E-state index is 11.9. The average molecular weight is 425 g/mol. The van der Waals surface area contributed by atoms with E-state index < -0.39 is 18.4 Å². The summed E-state index contributed by atoms with van der Waals surface area (Å²) in [6.45, 7) is 2.93. The summed E-state index contributed by atoms with van der Waals surface area (Å²) in [5.74, 6) is -1.76. The quantitative estimate of drug-likeness (QED) is 0.628. The van der Waals surface area contributed by atoms with Crippen LogP contribution >= 0.6 is 23.2 Å². The molecule has 148 valence electrons. The number of ether oxygens (including phenoxy) is 1. The molecule has 0 unspecified atom stereocenters. The predicted octanol–water partition coefficient (Wildman–Crippen LogP) is 3.65. The molecule has 0 aromatic heterocycles. The van der Waals surface area contributed by atoms with Crippen molar-refractivity contribution in [3.05, 3.63) is 57.1 Å². The first-order valence-electron chi connectivity index (χ1n) is 8.15. The number of benzene rings is 2. The summed E-state index contributed by atoms with van der Waals surface area (Å²) in [5, 5.41) is 13.8. The maximum Gasteiger partial charge on any atom is 0.322 e. The van der Waals surface area contributed by atoms with Gasteiger partial charge in [0, 0.05) is 18.2 Å². The normalized spacial score (nSPS) is 10.3. The third kappa shape index (κ3) is 6.14. The van der Waals surface area contributed by atoms with Crippen molar-refractivity contribution in [1.82, 2.24) is 5.32 Å². The van der Waals surface area contributed by atoms with Gasteiger partial charge in [0.25, 0.3) is 5.91 Å². The molecule has 2 amide bonds. The number of hydrogen-bond acceptors (Lipinski definition) is 4. The number of amides is 2. The second-order valence-electron chi connectivity index (χ2n) is 6.02. The molecule has 0 fully saturated rings. The Morgan fingerprint density at radius 2 is 1.71 bits per heavy atom. The smallest absolute Gasteiger partial charge is 0.322 e. The SMILES string of the molecule is CC(=O)Nc1cc(C)cc(COc2c(Cl)cc(C(=O)NCC(=O)O)cc2Cl)c1. The molecule has 28 heavy (non-hydrogen) atoms. The number of hydrogen-bond donors (Lipinski definition) is 3. The molecule has 0 bridgehead atoms. The van der Waals surface area contributed by atoms with E-state index in [1.54, 1.807) is 6.07 Å². The maximum absolute atomic E-state index is 11.9. The van der Waals surface area contributed by atoms with Gasteiger partial charge in [-0.05, 0) is 42.3 Å². The van der Waals surface area contributed by atoms with E-state index in [-0.39, 0.29) is 33.9 Å². The summed E-state index contributed by atoms with van der Waals surface area (Å²) in [6.07, 6.45) is 0. The molecular formula is C19H18Cl2N2O5. The number of nitrogens with one attached hydrogen (secondary N) is 2. The highest BCUT2D eigenvalue weighted by Crippen LogP contribution is 2.35. The van der Waals surface area contributed by atoms with Crippen LogP contribution in [-0.2, 0) is 16.2 Å². The molecule has 0 saturated carbocycles. The van der Waals surface area contributed by atoms with E-state index in [1.807, 2.05) is 19.1 Å². The van der Waals surface area contributed by atoms with Crippen LogP contribution in [0.25, 0.3) is 0 Å². The fourth-order valence-corrected chi connectivity index (χ4v) is 3.06. The Kier molecular flexibility index (Phi) is 7.25. The van der Waals surface area contributed by atoms with Crippen LogP contribution in [0, 0.1) is 6.92 Å². The number of carbonyl (C=O) groups excluding carboxylic acids is 2. The zero-order valence-corrected chi connectivity index (χ0v) is 16.6. The molecule has 0 radical (unpaired) electrons. The van der Waals surface area contributed by atoms with E-state index in [9.17, 15) is 14.4 Å². The fraction of sp³-hybridized carbons (Fsp3) is 0.211. The van der Waals surface area contributed by atoms with Gasteiger partial charge in [0.1, 0.15) is 13.2 Å².